The van der Waals surface area contributed by atoms with E-state index in [-0.39, 0.29) is 11.9 Å². The Labute approximate surface area is 202 Å². The van der Waals surface area contributed by atoms with Crippen LogP contribution >= 0.6 is 0 Å². The average molecular weight is 471 g/mol. The molecule has 0 saturated carbocycles. The maximum absolute atomic E-state index is 13.8. The summed E-state index contributed by atoms with van der Waals surface area (Å²) in [5.74, 6) is 0.635. The number of nitrogens with zero attached hydrogens (tertiary/aromatic N) is 4. The number of aromatic nitrogens is 3. The molecule has 0 aliphatic carbocycles. The lowest BCUT2D eigenvalue weighted by Crippen LogP contribution is -2.33. The smallest absolute Gasteiger partial charge is 0.249 e. The number of hydrogen-bond donors (Lipinski definition) is 2. The van der Waals surface area contributed by atoms with Crippen LogP contribution in [0.4, 0.5) is 10.2 Å². The van der Waals surface area contributed by atoms with Crippen molar-refractivity contribution in [1.29, 1.82) is 0 Å². The highest BCUT2D eigenvalue weighted by molar-refractivity contribution is 6.06. The van der Waals surface area contributed by atoms with Gasteiger partial charge in [-0.3, -0.25) is 14.3 Å². The lowest BCUT2D eigenvalue weighted by atomic mass is 9.98. The molecule has 1 atom stereocenters. The Morgan fingerprint density at radius 2 is 2.03 bits per heavy atom. The summed E-state index contributed by atoms with van der Waals surface area (Å²) in [5, 5.41) is 4.26. The Morgan fingerprint density at radius 1 is 1.17 bits per heavy atom. The van der Waals surface area contributed by atoms with Crippen LogP contribution in [-0.2, 0) is 13.0 Å². The van der Waals surface area contributed by atoms with Gasteiger partial charge in [0.05, 0.1) is 17.3 Å². The molecule has 0 spiro atoms. The Morgan fingerprint density at radius 3 is 2.86 bits per heavy atom. The maximum Gasteiger partial charge on any atom is 0.249 e. The van der Waals surface area contributed by atoms with Crippen molar-refractivity contribution in [2.45, 2.75) is 38.8 Å². The van der Waals surface area contributed by atoms with Crippen LogP contribution in [-0.4, -0.2) is 38.4 Å². The predicted octanol–water partition coefficient (Wildman–Crippen LogP) is 4.27. The van der Waals surface area contributed by atoms with Crippen molar-refractivity contribution in [1.82, 2.24) is 19.4 Å². The van der Waals surface area contributed by atoms with Gasteiger partial charge in [-0.1, -0.05) is 18.2 Å². The number of nitrogens with two attached hydrogens (primary N) is 1. The molecule has 2 aromatic carbocycles. The molecule has 1 saturated heterocycles. The number of primary amides is 1. The molecular weight excluding hydrogens is 443 g/mol. The second-order valence-corrected chi connectivity index (χ2v) is 9.39. The third kappa shape index (κ3) is 3.74. The van der Waals surface area contributed by atoms with Gasteiger partial charge in [-0.25, -0.2) is 9.37 Å². The van der Waals surface area contributed by atoms with E-state index in [1.165, 1.54) is 12.1 Å². The molecule has 4 aromatic rings. The first-order chi connectivity index (χ1) is 17.0. The lowest BCUT2D eigenvalue weighted by Gasteiger charge is -2.32. The van der Waals surface area contributed by atoms with Crippen molar-refractivity contribution in [2.75, 3.05) is 18.4 Å². The SMILES string of the molecule is Cc1cc2c(C(N)=O)cccc2n1-c1nc(NCc2cccc(F)c2)c2c(n1)C1CCCN1CC2. The summed E-state index contributed by atoms with van der Waals surface area (Å²) in [6.07, 6.45) is 3.10. The Hall–Kier alpha value is -3.78. The van der Waals surface area contributed by atoms with Crippen molar-refractivity contribution in [3.05, 3.63) is 82.4 Å². The van der Waals surface area contributed by atoms with Gasteiger partial charge in [0.1, 0.15) is 11.6 Å². The first-order valence-electron chi connectivity index (χ1n) is 12.0. The van der Waals surface area contributed by atoms with Gasteiger partial charge in [0.2, 0.25) is 11.9 Å². The molecule has 8 heteroatoms. The van der Waals surface area contributed by atoms with Gasteiger partial charge in [0.25, 0.3) is 0 Å². The van der Waals surface area contributed by atoms with Crippen LogP contribution < -0.4 is 11.1 Å². The third-order valence-electron chi connectivity index (χ3n) is 7.20. The minimum atomic E-state index is -0.460. The van der Waals surface area contributed by atoms with E-state index in [9.17, 15) is 9.18 Å². The molecule has 0 bridgehead atoms. The second kappa shape index (κ2) is 8.46. The number of anilines is 1. The largest absolute Gasteiger partial charge is 0.366 e. The fourth-order valence-electron chi connectivity index (χ4n) is 5.59. The van der Waals surface area contributed by atoms with E-state index in [4.69, 9.17) is 15.7 Å². The summed E-state index contributed by atoms with van der Waals surface area (Å²) < 4.78 is 15.7. The van der Waals surface area contributed by atoms with Gasteiger partial charge < -0.3 is 11.1 Å². The van der Waals surface area contributed by atoms with Crippen LogP contribution in [0, 0.1) is 12.7 Å². The minimum absolute atomic E-state index is 0.254. The number of fused-ring (bicyclic) bond motifs is 4. The van der Waals surface area contributed by atoms with E-state index < -0.39 is 5.91 Å². The summed E-state index contributed by atoms with van der Waals surface area (Å²) >= 11 is 0. The second-order valence-electron chi connectivity index (χ2n) is 9.39. The van der Waals surface area contributed by atoms with Gasteiger partial charge in [-0.15, -0.1) is 0 Å². The summed E-state index contributed by atoms with van der Waals surface area (Å²) in [7, 11) is 0. The van der Waals surface area contributed by atoms with E-state index in [0.717, 1.165) is 71.6 Å². The number of carbonyl (C=O) groups excluding carboxylic acids is 1. The average Bonchev–Trinajstić information content (AvgIpc) is 3.46. The normalized spacial score (nSPS) is 17.4. The molecule has 1 fully saturated rings. The monoisotopic (exact) mass is 470 g/mol. The number of rotatable bonds is 5. The highest BCUT2D eigenvalue weighted by Gasteiger charge is 2.35. The van der Waals surface area contributed by atoms with Crippen molar-refractivity contribution in [3.63, 3.8) is 0 Å². The zero-order chi connectivity index (χ0) is 24.1. The first kappa shape index (κ1) is 21.7. The Kier molecular flexibility index (Phi) is 5.25. The molecule has 4 heterocycles. The fraction of sp³-hybridized carbons (Fsp3) is 0.296. The molecule has 2 aliphatic rings. The highest BCUT2D eigenvalue weighted by atomic mass is 19.1. The highest BCUT2D eigenvalue weighted by Crippen LogP contribution is 2.39. The van der Waals surface area contributed by atoms with Crippen LogP contribution in [0.1, 0.15) is 51.8 Å². The van der Waals surface area contributed by atoms with Crippen molar-refractivity contribution in [3.8, 4) is 5.95 Å². The Balaban J connectivity index is 1.49. The molecule has 35 heavy (non-hydrogen) atoms. The Bertz CT molecular complexity index is 1460. The van der Waals surface area contributed by atoms with Gasteiger partial charge >= 0.3 is 0 Å². The van der Waals surface area contributed by atoms with E-state index in [2.05, 4.69) is 10.2 Å². The zero-order valence-electron chi connectivity index (χ0n) is 19.6. The first-order valence-corrected chi connectivity index (χ1v) is 12.0. The van der Waals surface area contributed by atoms with Crippen LogP contribution in [0.25, 0.3) is 16.9 Å². The molecular formula is C27H27FN6O. The molecule has 2 aliphatic heterocycles. The number of nitrogens with one attached hydrogen (secondary N) is 1. The molecule has 3 N–H and O–H groups in total. The van der Waals surface area contributed by atoms with E-state index in [0.29, 0.717) is 18.1 Å². The third-order valence-corrected chi connectivity index (χ3v) is 7.20. The maximum atomic E-state index is 13.8. The van der Waals surface area contributed by atoms with Gasteiger partial charge in [-0.05, 0) is 68.6 Å². The number of carbonyl (C=O) groups is 1. The van der Waals surface area contributed by atoms with E-state index >= 15 is 0 Å². The summed E-state index contributed by atoms with van der Waals surface area (Å²) in [6.45, 7) is 4.52. The summed E-state index contributed by atoms with van der Waals surface area (Å²) in [4.78, 5) is 24.6. The summed E-state index contributed by atoms with van der Waals surface area (Å²) in [5.41, 5.74) is 10.9. The van der Waals surface area contributed by atoms with Crippen LogP contribution in [0.5, 0.6) is 0 Å². The van der Waals surface area contributed by atoms with Crippen LogP contribution in [0.3, 0.4) is 0 Å². The van der Waals surface area contributed by atoms with Gasteiger partial charge in [-0.2, -0.15) is 4.98 Å². The zero-order valence-corrected chi connectivity index (χ0v) is 19.6. The quantitative estimate of drug-likeness (QED) is 0.455. The molecule has 6 rings (SSSR count). The fourth-order valence-corrected chi connectivity index (χ4v) is 5.59. The predicted molar refractivity (Wildman–Crippen MR) is 133 cm³/mol. The molecule has 178 valence electrons. The number of amides is 1. The molecule has 1 amide bonds. The van der Waals surface area contributed by atoms with Crippen molar-refractivity contribution >= 4 is 22.6 Å². The standard InChI is InChI=1S/C27H27FN6O/c1-16-13-21-19(25(29)35)7-3-8-22(21)34(16)27-31-24-20(10-12-33-11-4-9-23(24)33)26(32-27)30-15-17-5-2-6-18(28)14-17/h2-3,5-8,13-14,23H,4,9-12,15H2,1H3,(H2,29,35)(H,30,31,32). The van der Waals surface area contributed by atoms with Crippen molar-refractivity contribution < 1.29 is 9.18 Å². The molecule has 1 unspecified atom stereocenters. The molecule has 0 radical (unpaired) electrons. The molecule has 2 aromatic heterocycles. The number of benzene rings is 2. The van der Waals surface area contributed by atoms with Crippen molar-refractivity contribution in [2.24, 2.45) is 5.73 Å². The van der Waals surface area contributed by atoms with E-state index in [1.807, 2.05) is 35.8 Å². The number of hydrogen-bond acceptors (Lipinski definition) is 5. The number of aryl methyl sites for hydroxylation is 1. The summed E-state index contributed by atoms with van der Waals surface area (Å²) in [6, 6.07) is 14.4. The van der Waals surface area contributed by atoms with Crippen LogP contribution in [0.15, 0.2) is 48.5 Å². The molecule has 7 nitrogen and oxygen atoms in total. The number of halogens is 1. The minimum Gasteiger partial charge on any atom is -0.366 e. The van der Waals surface area contributed by atoms with Gasteiger partial charge in [0.15, 0.2) is 0 Å². The lowest BCUT2D eigenvalue weighted by molar-refractivity contribution is 0.100. The van der Waals surface area contributed by atoms with E-state index in [1.54, 1.807) is 12.1 Å². The van der Waals surface area contributed by atoms with Crippen LogP contribution in [0.2, 0.25) is 0 Å². The van der Waals surface area contributed by atoms with Gasteiger partial charge in [0, 0.05) is 35.3 Å². The topological polar surface area (TPSA) is 89.1 Å².